The van der Waals surface area contributed by atoms with Crippen molar-refractivity contribution in [2.45, 2.75) is 57.0 Å². The van der Waals surface area contributed by atoms with E-state index in [9.17, 15) is 24.9 Å². The molecular weight excluding hydrogens is 358 g/mol. The van der Waals surface area contributed by atoms with Crippen molar-refractivity contribution in [2.75, 3.05) is 19.6 Å². The van der Waals surface area contributed by atoms with Gasteiger partial charge in [0.15, 0.2) is 0 Å². The zero-order chi connectivity index (χ0) is 20.4. The molecule has 2 fully saturated rings. The molecule has 1 aliphatic carbocycles. The van der Waals surface area contributed by atoms with E-state index in [0.717, 1.165) is 31.1 Å². The molecule has 1 N–H and O–H groups in total. The lowest BCUT2D eigenvalue weighted by molar-refractivity contribution is -0.301. The van der Waals surface area contributed by atoms with Gasteiger partial charge in [-0.3, -0.25) is 0 Å². The first-order chi connectivity index (χ1) is 13.5. The van der Waals surface area contributed by atoms with Crippen LogP contribution < -0.4 is 10.2 Å². The molecule has 6 heteroatoms. The summed E-state index contributed by atoms with van der Waals surface area (Å²) in [5.74, 6) is -2.33. The van der Waals surface area contributed by atoms with Crippen LogP contribution in [0.5, 0.6) is 0 Å². The van der Waals surface area contributed by atoms with Gasteiger partial charge in [0.1, 0.15) is 0 Å². The number of carboxylic acids is 2. The Hall–Kier alpha value is -2.18. The Balaban J connectivity index is 0.000000300. The first kappa shape index (κ1) is 22.1. The van der Waals surface area contributed by atoms with E-state index in [2.05, 4.69) is 29.2 Å². The second-order valence-electron chi connectivity index (χ2n) is 7.50. The third kappa shape index (κ3) is 7.82. The number of rotatable bonds is 6. The van der Waals surface area contributed by atoms with Crippen LogP contribution in [-0.2, 0) is 9.59 Å². The Morgan fingerprint density at radius 1 is 0.964 bits per heavy atom. The Morgan fingerprint density at radius 3 is 2.00 bits per heavy atom. The predicted octanol–water partition coefficient (Wildman–Crippen LogP) is 0.906. The molecule has 0 amide bonds. The number of aliphatic hydroxyl groups excluding tert-OH is 1. The number of piperidine rings is 1. The third-order valence-corrected chi connectivity index (χ3v) is 5.38. The first-order valence-electron chi connectivity index (χ1n) is 10.1. The molecule has 0 spiro atoms. The van der Waals surface area contributed by atoms with Crippen LogP contribution in [0.25, 0.3) is 0 Å². The fourth-order valence-corrected chi connectivity index (χ4v) is 3.88. The molecular formula is C22H29NO5-2. The van der Waals surface area contributed by atoms with Crippen LogP contribution in [-0.4, -0.2) is 41.6 Å². The predicted molar refractivity (Wildman–Crippen MR) is 102 cm³/mol. The van der Waals surface area contributed by atoms with E-state index < -0.39 is 11.9 Å². The van der Waals surface area contributed by atoms with Crippen molar-refractivity contribution < 1.29 is 24.9 Å². The fourth-order valence-electron chi connectivity index (χ4n) is 3.88. The Morgan fingerprint density at radius 2 is 1.50 bits per heavy atom. The number of benzene rings is 1. The normalized spacial score (nSPS) is 19.2. The van der Waals surface area contributed by atoms with Crippen molar-refractivity contribution in [3.05, 3.63) is 47.5 Å². The van der Waals surface area contributed by atoms with Gasteiger partial charge in [0.25, 0.3) is 0 Å². The number of hydrogen-bond donors (Lipinski definition) is 1. The molecule has 28 heavy (non-hydrogen) atoms. The maximum Gasteiger partial charge on any atom is 0.0916 e. The minimum atomic E-state index is -1.55. The van der Waals surface area contributed by atoms with Gasteiger partial charge in [-0.25, -0.2) is 0 Å². The quantitative estimate of drug-likeness (QED) is 0.728. The van der Waals surface area contributed by atoms with Crippen LogP contribution in [0.2, 0.25) is 0 Å². The largest absolute Gasteiger partial charge is 0.545 e. The van der Waals surface area contributed by atoms with Crippen molar-refractivity contribution in [3.63, 3.8) is 0 Å². The highest BCUT2D eigenvalue weighted by Crippen LogP contribution is 2.34. The summed E-state index contributed by atoms with van der Waals surface area (Å²) >= 11 is 0. The van der Waals surface area contributed by atoms with Crippen LogP contribution >= 0.6 is 0 Å². The SMILES string of the molecule is O=C([O-])C=CC(=O)[O-].OC(CN1CCCCC1)c1ccc(C2CCCC2)cc1. The molecule has 2 aliphatic rings. The standard InChI is InChI=1S/C18H27NO.C4H4O4/c20-18(14-19-12-4-1-5-13-19)17-10-8-16(9-11-17)15-6-2-3-7-15;5-3(6)1-2-4(7)8/h8-11,15,18,20H,1-7,12-14H2;1-2H,(H,5,6)(H,7,8)/p-2. The first-order valence-corrected chi connectivity index (χ1v) is 10.1. The number of nitrogens with zero attached hydrogens (tertiary/aromatic N) is 1. The summed E-state index contributed by atoms with van der Waals surface area (Å²) in [6.45, 7) is 3.09. The van der Waals surface area contributed by atoms with Gasteiger partial charge in [0.2, 0.25) is 0 Å². The van der Waals surface area contributed by atoms with Crippen molar-refractivity contribution in [1.29, 1.82) is 0 Å². The lowest BCUT2D eigenvalue weighted by atomic mass is 9.95. The third-order valence-electron chi connectivity index (χ3n) is 5.38. The monoisotopic (exact) mass is 387 g/mol. The van der Waals surface area contributed by atoms with E-state index in [0.29, 0.717) is 12.2 Å². The van der Waals surface area contributed by atoms with Gasteiger partial charge in [-0.15, -0.1) is 0 Å². The number of β-amino-alcohol motifs (C(OH)–C–C–N with tert-alkyl or cyclic N) is 1. The molecule has 1 aliphatic heterocycles. The minimum absolute atomic E-state index is 0.328. The fraction of sp³-hybridized carbons (Fsp3) is 0.545. The number of aliphatic hydroxyl groups is 1. The summed E-state index contributed by atoms with van der Waals surface area (Å²) in [7, 11) is 0. The average molecular weight is 387 g/mol. The van der Waals surface area contributed by atoms with E-state index in [-0.39, 0.29) is 6.10 Å². The maximum atomic E-state index is 10.4. The summed E-state index contributed by atoms with van der Waals surface area (Å²) in [6.07, 6.45) is 9.80. The number of carbonyl (C=O) groups excluding carboxylic acids is 2. The molecule has 1 heterocycles. The molecule has 0 aromatic heterocycles. The van der Waals surface area contributed by atoms with Crippen LogP contribution in [0.1, 0.15) is 68.1 Å². The topological polar surface area (TPSA) is 104 Å². The van der Waals surface area contributed by atoms with E-state index in [1.165, 1.54) is 50.5 Å². The maximum absolute atomic E-state index is 10.4. The Labute approximate surface area is 166 Å². The van der Waals surface area contributed by atoms with Gasteiger partial charge in [-0.2, -0.15) is 0 Å². The lowest BCUT2D eigenvalue weighted by Crippen LogP contribution is -2.33. The zero-order valence-electron chi connectivity index (χ0n) is 16.2. The summed E-state index contributed by atoms with van der Waals surface area (Å²) in [5.41, 5.74) is 2.55. The molecule has 3 rings (SSSR count). The van der Waals surface area contributed by atoms with Gasteiger partial charge >= 0.3 is 0 Å². The Kier molecular flexibility index (Phi) is 9.17. The molecule has 1 saturated heterocycles. The molecule has 0 radical (unpaired) electrons. The van der Waals surface area contributed by atoms with Gasteiger partial charge in [-0.1, -0.05) is 43.5 Å². The highest BCUT2D eigenvalue weighted by molar-refractivity contribution is 5.87. The number of carbonyl (C=O) groups is 2. The summed E-state index contributed by atoms with van der Waals surface area (Å²) in [6, 6.07) is 8.76. The molecule has 1 atom stereocenters. The van der Waals surface area contributed by atoms with Crippen molar-refractivity contribution in [3.8, 4) is 0 Å². The average Bonchev–Trinajstić information content (AvgIpc) is 3.23. The number of hydrogen-bond acceptors (Lipinski definition) is 6. The molecule has 154 valence electrons. The smallest absolute Gasteiger partial charge is 0.0916 e. The lowest BCUT2D eigenvalue weighted by Gasteiger charge is -2.28. The number of likely N-dealkylation sites (tertiary alicyclic amines) is 1. The second-order valence-corrected chi connectivity index (χ2v) is 7.50. The van der Waals surface area contributed by atoms with E-state index in [1.54, 1.807) is 0 Å². The van der Waals surface area contributed by atoms with Crippen LogP contribution in [0, 0.1) is 0 Å². The van der Waals surface area contributed by atoms with Crippen LogP contribution in [0.15, 0.2) is 36.4 Å². The molecule has 1 unspecified atom stereocenters. The van der Waals surface area contributed by atoms with Gasteiger partial charge in [0, 0.05) is 6.54 Å². The summed E-state index contributed by atoms with van der Waals surface area (Å²) in [5, 5.41) is 29.2. The number of carboxylic acid groups (broad SMARTS) is 2. The van der Waals surface area contributed by atoms with Crippen molar-refractivity contribution >= 4 is 11.9 Å². The second kappa shape index (κ2) is 11.6. The zero-order valence-corrected chi connectivity index (χ0v) is 16.2. The molecule has 0 bridgehead atoms. The molecule has 1 aromatic carbocycles. The molecule has 1 aromatic rings. The van der Waals surface area contributed by atoms with Crippen LogP contribution in [0.3, 0.4) is 0 Å². The van der Waals surface area contributed by atoms with Crippen LogP contribution in [0.4, 0.5) is 0 Å². The summed E-state index contributed by atoms with van der Waals surface area (Å²) < 4.78 is 0. The summed E-state index contributed by atoms with van der Waals surface area (Å²) in [4.78, 5) is 21.2. The highest BCUT2D eigenvalue weighted by Gasteiger charge is 2.19. The Bertz CT molecular complexity index is 627. The van der Waals surface area contributed by atoms with Crippen molar-refractivity contribution in [2.24, 2.45) is 0 Å². The van der Waals surface area contributed by atoms with Gasteiger partial charge < -0.3 is 29.8 Å². The van der Waals surface area contributed by atoms with Crippen molar-refractivity contribution in [1.82, 2.24) is 4.90 Å². The molecule has 6 nitrogen and oxygen atoms in total. The highest BCUT2D eigenvalue weighted by atomic mass is 16.4. The van der Waals surface area contributed by atoms with Gasteiger partial charge in [-0.05, 0) is 68.0 Å². The minimum Gasteiger partial charge on any atom is -0.545 e. The van der Waals surface area contributed by atoms with Gasteiger partial charge in [0.05, 0.1) is 18.0 Å². The van der Waals surface area contributed by atoms with E-state index >= 15 is 0 Å². The van der Waals surface area contributed by atoms with E-state index in [4.69, 9.17) is 0 Å². The molecule has 1 saturated carbocycles. The van der Waals surface area contributed by atoms with E-state index in [1.807, 2.05) is 0 Å². The number of aliphatic carboxylic acids is 2.